The first-order valence-electron chi connectivity index (χ1n) is 12.5. The van der Waals surface area contributed by atoms with E-state index in [1.54, 1.807) is 20.8 Å². The Morgan fingerprint density at radius 1 is 0.923 bits per heavy atom. The molecule has 0 aliphatic carbocycles. The van der Waals surface area contributed by atoms with Crippen LogP contribution in [0.25, 0.3) is 0 Å². The van der Waals surface area contributed by atoms with Gasteiger partial charge in [-0.1, -0.05) is 59.1 Å². The van der Waals surface area contributed by atoms with Crippen molar-refractivity contribution in [3.05, 3.63) is 92.4 Å². The molecule has 0 saturated carbocycles. The molecule has 2 N–H and O–H groups in total. The second kappa shape index (κ2) is 10.6. The first kappa shape index (κ1) is 29.7. The summed E-state index contributed by atoms with van der Waals surface area (Å²) in [5.41, 5.74) is 0.0513. The highest BCUT2D eigenvalue weighted by atomic mass is 35.5. The van der Waals surface area contributed by atoms with E-state index in [4.69, 9.17) is 44.5 Å². The van der Waals surface area contributed by atoms with Gasteiger partial charge in [0.15, 0.2) is 0 Å². The van der Waals surface area contributed by atoms with Crippen LogP contribution in [0.1, 0.15) is 58.2 Å². The molecular formula is C29H32Cl3N3O3S. The van der Waals surface area contributed by atoms with Crippen molar-refractivity contribution >= 4 is 50.7 Å². The van der Waals surface area contributed by atoms with Crippen LogP contribution >= 0.6 is 34.8 Å². The fourth-order valence-electron chi connectivity index (χ4n) is 4.77. The number of halogens is 3. The highest BCUT2D eigenvalue weighted by Crippen LogP contribution is 2.48. The fourth-order valence-corrected chi connectivity index (χ4v) is 6.99. The van der Waals surface area contributed by atoms with Gasteiger partial charge < -0.3 is 10.1 Å². The van der Waals surface area contributed by atoms with E-state index < -0.39 is 26.6 Å². The third kappa shape index (κ3) is 5.79. The minimum atomic E-state index is -3.95. The predicted octanol–water partition coefficient (Wildman–Crippen LogP) is 7.30. The molecule has 0 fully saturated rings. The molecule has 1 aliphatic rings. The highest BCUT2D eigenvalue weighted by Gasteiger charge is 2.52. The lowest BCUT2D eigenvalue weighted by Gasteiger charge is -2.40. The molecule has 39 heavy (non-hydrogen) atoms. The molecule has 0 amide bonds. The molecule has 0 aromatic heterocycles. The molecule has 6 nitrogen and oxygen atoms in total. The zero-order chi connectivity index (χ0) is 28.8. The number of rotatable bonds is 7. The molecule has 0 radical (unpaired) electrons. The normalized spacial score (nSPS) is 21.4. The molecule has 0 spiro atoms. The van der Waals surface area contributed by atoms with E-state index in [1.807, 2.05) is 62.4 Å². The van der Waals surface area contributed by atoms with E-state index in [1.165, 1.54) is 12.1 Å². The van der Waals surface area contributed by atoms with Crippen molar-refractivity contribution in [2.24, 2.45) is 4.99 Å². The van der Waals surface area contributed by atoms with Crippen LogP contribution < -0.4 is 14.8 Å². The monoisotopic (exact) mass is 607 g/mol. The summed E-state index contributed by atoms with van der Waals surface area (Å²) in [6.07, 6.45) is 0. The van der Waals surface area contributed by atoms with Gasteiger partial charge >= 0.3 is 0 Å². The smallest absolute Gasteiger partial charge is 0.242 e. The topological polar surface area (TPSA) is 79.8 Å². The van der Waals surface area contributed by atoms with Crippen LogP contribution in [0.3, 0.4) is 0 Å². The Labute approximate surface area is 245 Å². The van der Waals surface area contributed by atoms with E-state index in [-0.39, 0.29) is 9.92 Å². The van der Waals surface area contributed by atoms with Crippen LogP contribution in [0, 0.1) is 0 Å². The summed E-state index contributed by atoms with van der Waals surface area (Å²) >= 11 is 18.9. The maximum absolute atomic E-state index is 13.3. The Kier molecular flexibility index (Phi) is 8.07. The van der Waals surface area contributed by atoms with Gasteiger partial charge in [0.05, 0.1) is 22.7 Å². The summed E-state index contributed by atoms with van der Waals surface area (Å²) in [7, 11) is -3.95. The van der Waals surface area contributed by atoms with Gasteiger partial charge in [0.1, 0.15) is 22.0 Å². The van der Waals surface area contributed by atoms with Gasteiger partial charge in [-0.15, -0.1) is 0 Å². The van der Waals surface area contributed by atoms with Gasteiger partial charge in [-0.25, -0.2) is 13.1 Å². The van der Waals surface area contributed by atoms with Crippen molar-refractivity contribution in [3.8, 4) is 5.75 Å². The Morgan fingerprint density at radius 3 is 1.97 bits per heavy atom. The molecule has 0 bridgehead atoms. The van der Waals surface area contributed by atoms with E-state index in [0.717, 1.165) is 11.1 Å². The van der Waals surface area contributed by atoms with Gasteiger partial charge in [0.2, 0.25) is 10.0 Å². The summed E-state index contributed by atoms with van der Waals surface area (Å²) in [6.45, 7) is 11.6. The number of hydrogen-bond acceptors (Lipinski definition) is 5. The first-order chi connectivity index (χ1) is 18.1. The third-order valence-corrected chi connectivity index (χ3v) is 9.55. The number of hydrogen-bond donors (Lipinski definition) is 2. The lowest BCUT2D eigenvalue weighted by atomic mass is 9.72. The second-order valence-electron chi connectivity index (χ2n) is 10.9. The molecule has 1 heterocycles. The maximum atomic E-state index is 13.3. The fraction of sp³-hybridized carbons (Fsp3) is 0.345. The van der Waals surface area contributed by atoms with Gasteiger partial charge in [-0.05, 0) is 83.0 Å². The molecule has 10 heteroatoms. The van der Waals surface area contributed by atoms with Crippen molar-refractivity contribution in [2.45, 2.75) is 63.1 Å². The minimum absolute atomic E-state index is 0.0541. The predicted molar refractivity (Wildman–Crippen MR) is 160 cm³/mol. The van der Waals surface area contributed by atoms with Crippen LogP contribution in [-0.4, -0.2) is 26.4 Å². The summed E-state index contributed by atoms with van der Waals surface area (Å²) < 4.78 is 35.3. The van der Waals surface area contributed by atoms with Crippen LogP contribution in [0.15, 0.2) is 70.6 Å². The molecule has 0 saturated heterocycles. The van der Waals surface area contributed by atoms with Crippen molar-refractivity contribution in [2.75, 3.05) is 6.61 Å². The number of ether oxygens (including phenoxy) is 1. The van der Waals surface area contributed by atoms with Crippen LogP contribution in [0.2, 0.25) is 15.1 Å². The molecular weight excluding hydrogens is 577 g/mol. The maximum Gasteiger partial charge on any atom is 0.242 e. The Morgan fingerprint density at radius 2 is 1.46 bits per heavy atom. The zero-order valence-corrected chi connectivity index (χ0v) is 25.8. The van der Waals surface area contributed by atoms with Gasteiger partial charge in [0, 0.05) is 21.7 Å². The number of benzene rings is 3. The van der Waals surface area contributed by atoms with E-state index in [9.17, 15) is 8.42 Å². The Bertz CT molecular complexity index is 1520. The molecule has 208 valence electrons. The molecule has 1 aliphatic heterocycles. The van der Waals surface area contributed by atoms with Crippen molar-refractivity contribution < 1.29 is 13.2 Å². The van der Waals surface area contributed by atoms with Crippen molar-refractivity contribution in [3.63, 3.8) is 0 Å². The number of aliphatic imine (C=N–C) groups is 1. The largest absolute Gasteiger partial charge is 0.493 e. The Hall–Kier alpha value is -2.29. The molecule has 3 aromatic rings. The average molecular weight is 609 g/mol. The van der Waals surface area contributed by atoms with Crippen LogP contribution in [0.4, 0.5) is 0 Å². The van der Waals surface area contributed by atoms with Crippen LogP contribution in [0.5, 0.6) is 5.75 Å². The third-order valence-electron chi connectivity index (χ3n) is 6.82. The summed E-state index contributed by atoms with van der Waals surface area (Å²) in [5.74, 6) is 0.888. The van der Waals surface area contributed by atoms with Crippen molar-refractivity contribution in [1.29, 1.82) is 0 Å². The molecule has 2 unspecified atom stereocenters. The minimum Gasteiger partial charge on any atom is -0.493 e. The quantitative estimate of drug-likeness (QED) is 0.295. The van der Waals surface area contributed by atoms with E-state index >= 15 is 0 Å². The standard InChI is InChI=1S/C29H32Cl3N3O3S/c1-7-38-24-17-23(32)25(39(36,37)35-27(2,3)4)16-22(24)26-33-28(5,18-8-12-20(30)13-9-18)29(6,34-26)19-10-14-21(31)15-11-19/h8-17,35H,7H2,1-6H3,(H,33,34). The summed E-state index contributed by atoms with van der Waals surface area (Å²) in [5, 5.41) is 4.89. The highest BCUT2D eigenvalue weighted by molar-refractivity contribution is 7.89. The lowest BCUT2D eigenvalue weighted by Crippen LogP contribution is -2.50. The number of amidine groups is 1. The second-order valence-corrected chi connectivity index (χ2v) is 13.8. The van der Waals surface area contributed by atoms with Gasteiger partial charge in [-0.2, -0.15) is 0 Å². The van der Waals surface area contributed by atoms with E-state index in [2.05, 4.69) is 17.0 Å². The van der Waals surface area contributed by atoms with Crippen molar-refractivity contribution in [1.82, 2.24) is 10.0 Å². The zero-order valence-electron chi connectivity index (χ0n) is 22.7. The summed E-state index contributed by atoms with van der Waals surface area (Å²) in [6, 6.07) is 18.2. The van der Waals surface area contributed by atoms with Crippen LogP contribution in [-0.2, 0) is 21.1 Å². The molecule has 2 atom stereocenters. The van der Waals surface area contributed by atoms with Gasteiger partial charge in [0.25, 0.3) is 0 Å². The number of nitrogens with one attached hydrogen (secondary N) is 2. The van der Waals surface area contributed by atoms with E-state index in [0.29, 0.717) is 33.8 Å². The average Bonchev–Trinajstić information content (AvgIpc) is 3.10. The first-order valence-corrected chi connectivity index (χ1v) is 15.1. The number of nitrogens with zero attached hydrogens (tertiary/aromatic N) is 1. The Balaban J connectivity index is 1.95. The summed E-state index contributed by atoms with van der Waals surface area (Å²) in [4.78, 5) is 5.14. The van der Waals surface area contributed by atoms with Gasteiger partial charge in [-0.3, -0.25) is 4.99 Å². The SMILES string of the molecule is CCOc1cc(Cl)c(S(=O)(=O)NC(C)(C)C)cc1C1=NC(C)(c2ccc(Cl)cc2)C(C)(c2ccc(Cl)cc2)N1. The molecule has 3 aromatic carbocycles. The number of sulfonamides is 1. The molecule has 4 rings (SSSR count). The lowest BCUT2D eigenvalue weighted by molar-refractivity contribution is 0.268.